The fourth-order valence-corrected chi connectivity index (χ4v) is 6.16. The molecule has 0 spiro atoms. The molecule has 0 aliphatic carbocycles. The Morgan fingerprint density at radius 3 is 3.00 bits per heavy atom. The van der Waals surface area contributed by atoms with Crippen molar-refractivity contribution in [3.63, 3.8) is 0 Å². The van der Waals surface area contributed by atoms with Crippen LogP contribution in [-0.2, 0) is 16.4 Å². The quantitative estimate of drug-likeness (QED) is 0.836. The van der Waals surface area contributed by atoms with Gasteiger partial charge in [0.05, 0.1) is 4.88 Å². The van der Waals surface area contributed by atoms with Gasteiger partial charge in [0.25, 0.3) is 0 Å². The minimum absolute atomic E-state index is 0.145. The molecule has 1 aromatic heterocycles. The SMILES string of the molecule is CCS(=O)(=O)C1CSCCN1Cc1ccc(C#CCO)s1. The lowest BCUT2D eigenvalue weighted by atomic mass is 10.4. The summed E-state index contributed by atoms with van der Waals surface area (Å²) in [5, 5.41) is 8.32. The molecule has 1 saturated heterocycles. The van der Waals surface area contributed by atoms with E-state index in [9.17, 15) is 8.42 Å². The van der Waals surface area contributed by atoms with Gasteiger partial charge in [-0.15, -0.1) is 11.3 Å². The predicted octanol–water partition coefficient (Wildman–Crippen LogP) is 1.40. The maximum atomic E-state index is 12.2. The van der Waals surface area contributed by atoms with Crippen LogP contribution in [0.2, 0.25) is 0 Å². The second kappa shape index (κ2) is 7.65. The molecule has 1 aromatic rings. The first-order valence-corrected chi connectivity index (χ1v) is 10.5. The summed E-state index contributed by atoms with van der Waals surface area (Å²) in [6.45, 7) is 3.01. The van der Waals surface area contributed by atoms with Crippen molar-refractivity contribution >= 4 is 32.9 Å². The lowest BCUT2D eigenvalue weighted by Gasteiger charge is -2.34. The van der Waals surface area contributed by atoms with E-state index >= 15 is 0 Å². The van der Waals surface area contributed by atoms with E-state index in [2.05, 4.69) is 16.7 Å². The molecule has 1 aliphatic rings. The summed E-state index contributed by atoms with van der Waals surface area (Å²) < 4.78 is 24.4. The molecule has 21 heavy (non-hydrogen) atoms. The van der Waals surface area contributed by atoms with Crippen LogP contribution in [0.4, 0.5) is 0 Å². The molecule has 1 N–H and O–H groups in total. The van der Waals surface area contributed by atoms with E-state index in [4.69, 9.17) is 5.11 Å². The van der Waals surface area contributed by atoms with E-state index in [0.717, 1.165) is 22.1 Å². The molecule has 0 saturated carbocycles. The van der Waals surface area contributed by atoms with Crippen LogP contribution < -0.4 is 0 Å². The number of aliphatic hydroxyl groups excluding tert-OH is 1. The Morgan fingerprint density at radius 1 is 1.48 bits per heavy atom. The summed E-state index contributed by atoms with van der Waals surface area (Å²) in [6.07, 6.45) is 0. The zero-order valence-corrected chi connectivity index (χ0v) is 14.4. The van der Waals surface area contributed by atoms with Gasteiger partial charge in [0.1, 0.15) is 12.0 Å². The topological polar surface area (TPSA) is 57.6 Å². The number of hydrogen-bond acceptors (Lipinski definition) is 6. The van der Waals surface area contributed by atoms with Crippen molar-refractivity contribution in [1.29, 1.82) is 0 Å². The van der Waals surface area contributed by atoms with Crippen molar-refractivity contribution in [3.05, 3.63) is 21.9 Å². The molecule has 1 unspecified atom stereocenters. The van der Waals surface area contributed by atoms with Crippen molar-refractivity contribution in [1.82, 2.24) is 4.90 Å². The number of rotatable bonds is 4. The minimum Gasteiger partial charge on any atom is -0.384 e. The molecule has 0 amide bonds. The summed E-state index contributed by atoms with van der Waals surface area (Å²) in [5.41, 5.74) is 0. The van der Waals surface area contributed by atoms with E-state index < -0.39 is 9.84 Å². The van der Waals surface area contributed by atoms with Gasteiger partial charge in [0, 0.05) is 35.2 Å². The van der Waals surface area contributed by atoms with E-state index in [1.165, 1.54) is 0 Å². The highest BCUT2D eigenvalue weighted by Gasteiger charge is 2.32. The van der Waals surface area contributed by atoms with Gasteiger partial charge < -0.3 is 5.11 Å². The third-order valence-electron chi connectivity index (χ3n) is 3.32. The molecule has 0 radical (unpaired) electrons. The molecule has 2 rings (SSSR count). The van der Waals surface area contributed by atoms with Gasteiger partial charge >= 0.3 is 0 Å². The van der Waals surface area contributed by atoms with Gasteiger partial charge in [-0.2, -0.15) is 11.8 Å². The molecule has 116 valence electrons. The van der Waals surface area contributed by atoms with Crippen LogP contribution in [0.3, 0.4) is 0 Å². The summed E-state index contributed by atoms with van der Waals surface area (Å²) in [4.78, 5) is 4.07. The Morgan fingerprint density at radius 2 is 2.29 bits per heavy atom. The fraction of sp³-hybridized carbons (Fsp3) is 0.571. The van der Waals surface area contributed by atoms with Crippen LogP contribution >= 0.6 is 23.1 Å². The van der Waals surface area contributed by atoms with Crippen LogP contribution in [0.5, 0.6) is 0 Å². The van der Waals surface area contributed by atoms with Crippen LogP contribution in [-0.4, -0.2) is 54.2 Å². The van der Waals surface area contributed by atoms with Gasteiger partial charge in [0.2, 0.25) is 0 Å². The highest BCUT2D eigenvalue weighted by molar-refractivity contribution is 8.01. The molecule has 0 aromatic carbocycles. The lowest BCUT2D eigenvalue weighted by Crippen LogP contribution is -2.47. The molecule has 1 aliphatic heterocycles. The van der Waals surface area contributed by atoms with E-state index in [1.807, 2.05) is 12.1 Å². The first kappa shape index (κ1) is 16.8. The Kier molecular flexibility index (Phi) is 6.14. The van der Waals surface area contributed by atoms with Crippen molar-refractivity contribution in [2.45, 2.75) is 18.8 Å². The third kappa shape index (κ3) is 4.47. The summed E-state index contributed by atoms with van der Waals surface area (Å²) in [6, 6.07) is 3.91. The molecule has 2 heterocycles. The van der Waals surface area contributed by atoms with Crippen molar-refractivity contribution < 1.29 is 13.5 Å². The lowest BCUT2D eigenvalue weighted by molar-refractivity contribution is 0.264. The van der Waals surface area contributed by atoms with Crippen molar-refractivity contribution in [2.24, 2.45) is 0 Å². The van der Waals surface area contributed by atoms with Crippen LogP contribution in [0.1, 0.15) is 16.7 Å². The molecule has 4 nitrogen and oxygen atoms in total. The number of thioether (sulfide) groups is 1. The number of thiophene rings is 1. The van der Waals surface area contributed by atoms with Crippen LogP contribution in [0, 0.1) is 11.8 Å². The van der Waals surface area contributed by atoms with Crippen LogP contribution in [0.25, 0.3) is 0 Å². The smallest absolute Gasteiger partial charge is 0.166 e. The van der Waals surface area contributed by atoms with Gasteiger partial charge in [0.15, 0.2) is 9.84 Å². The second-order valence-electron chi connectivity index (χ2n) is 4.68. The van der Waals surface area contributed by atoms with E-state index in [-0.39, 0.29) is 17.7 Å². The van der Waals surface area contributed by atoms with Gasteiger partial charge in [-0.1, -0.05) is 18.8 Å². The molecule has 0 bridgehead atoms. The Balaban J connectivity index is 2.11. The highest BCUT2D eigenvalue weighted by Crippen LogP contribution is 2.25. The summed E-state index contributed by atoms with van der Waals surface area (Å²) in [7, 11) is -3.05. The first-order chi connectivity index (χ1) is 10.1. The Bertz CT molecular complexity index is 627. The molecular weight excluding hydrogens is 326 g/mol. The standard InChI is InChI=1S/C14H19NO3S3/c1-2-21(17,18)14-11-19-9-7-15(14)10-13-6-5-12(20-13)4-3-8-16/h5-6,14,16H,2,7-11H2,1H3. The summed E-state index contributed by atoms with van der Waals surface area (Å²) >= 11 is 3.27. The highest BCUT2D eigenvalue weighted by atomic mass is 32.2. The third-order valence-corrected chi connectivity index (χ3v) is 7.64. The Labute approximate surface area is 134 Å². The largest absolute Gasteiger partial charge is 0.384 e. The van der Waals surface area contributed by atoms with E-state index in [0.29, 0.717) is 12.3 Å². The second-order valence-corrected chi connectivity index (χ2v) is 9.44. The summed E-state index contributed by atoms with van der Waals surface area (Å²) in [5.74, 6) is 7.32. The maximum Gasteiger partial charge on any atom is 0.166 e. The zero-order valence-electron chi connectivity index (χ0n) is 11.9. The normalized spacial score (nSPS) is 20.0. The fourth-order valence-electron chi connectivity index (χ4n) is 2.18. The molecule has 7 heteroatoms. The molecular formula is C14H19NO3S3. The number of aliphatic hydroxyl groups is 1. The van der Waals surface area contributed by atoms with E-state index in [1.54, 1.807) is 30.0 Å². The Hall–Kier alpha value is -0.520. The van der Waals surface area contributed by atoms with Gasteiger partial charge in [-0.3, -0.25) is 4.90 Å². The van der Waals surface area contributed by atoms with Crippen LogP contribution in [0.15, 0.2) is 12.1 Å². The van der Waals surface area contributed by atoms with Crippen molar-refractivity contribution in [2.75, 3.05) is 30.4 Å². The first-order valence-electron chi connectivity index (χ1n) is 6.78. The molecule has 1 atom stereocenters. The average molecular weight is 346 g/mol. The minimum atomic E-state index is -3.05. The van der Waals surface area contributed by atoms with Gasteiger partial charge in [-0.05, 0) is 12.1 Å². The average Bonchev–Trinajstić information content (AvgIpc) is 2.93. The number of sulfone groups is 1. The predicted molar refractivity (Wildman–Crippen MR) is 89.3 cm³/mol. The molecule has 1 fully saturated rings. The number of nitrogens with zero attached hydrogens (tertiary/aromatic N) is 1. The van der Waals surface area contributed by atoms with Crippen molar-refractivity contribution in [3.8, 4) is 11.8 Å². The van der Waals surface area contributed by atoms with Gasteiger partial charge in [-0.25, -0.2) is 8.42 Å². The number of hydrogen-bond donors (Lipinski definition) is 1. The monoisotopic (exact) mass is 345 g/mol. The maximum absolute atomic E-state index is 12.2. The zero-order chi connectivity index (χ0) is 15.3.